The molecule has 2 N–H and O–H groups in total. The molecule has 2 aromatic heterocycles. The van der Waals surface area contributed by atoms with Crippen LogP contribution >= 0.6 is 11.3 Å². The number of thiophene rings is 1. The van der Waals surface area contributed by atoms with E-state index in [4.69, 9.17) is 9.15 Å². The number of esters is 1. The second-order valence-electron chi connectivity index (χ2n) is 6.14. The Hall–Kier alpha value is -2.28. The zero-order valence-electron chi connectivity index (χ0n) is 15.8. The van der Waals surface area contributed by atoms with Gasteiger partial charge in [0, 0.05) is 18.0 Å². The first kappa shape index (κ1) is 20.0. The van der Waals surface area contributed by atoms with Crippen LogP contribution in [0.2, 0.25) is 0 Å². The van der Waals surface area contributed by atoms with Crippen LogP contribution in [-0.4, -0.2) is 32.1 Å². The van der Waals surface area contributed by atoms with Crippen molar-refractivity contribution in [3.8, 4) is 0 Å². The number of aryl methyl sites for hydroxylation is 1. The third-order valence-electron chi connectivity index (χ3n) is 3.86. The molecule has 0 saturated carbocycles. The molecule has 0 bridgehead atoms. The molecule has 0 radical (unpaired) electrons. The maximum absolute atomic E-state index is 11.7. The molecule has 0 fully saturated rings. The first-order valence-electron chi connectivity index (χ1n) is 8.75. The van der Waals surface area contributed by atoms with Crippen molar-refractivity contribution >= 4 is 23.3 Å². The third kappa shape index (κ3) is 5.91. The lowest BCUT2D eigenvalue weighted by Crippen LogP contribution is -2.39. The molecule has 26 heavy (non-hydrogen) atoms. The minimum absolute atomic E-state index is 0.354. The van der Waals surface area contributed by atoms with Crippen molar-refractivity contribution in [2.45, 2.75) is 33.7 Å². The Labute approximate surface area is 158 Å². The van der Waals surface area contributed by atoms with E-state index < -0.39 is 5.97 Å². The molecule has 2 rings (SSSR count). The zero-order valence-corrected chi connectivity index (χ0v) is 16.6. The fraction of sp³-hybridized carbons (Fsp3) is 0.474. The number of furan rings is 1. The number of carbonyl (C=O) groups is 1. The van der Waals surface area contributed by atoms with Crippen LogP contribution in [0.3, 0.4) is 0 Å². The van der Waals surface area contributed by atoms with Crippen molar-refractivity contribution < 1.29 is 13.9 Å². The number of hydrogen-bond donors (Lipinski definition) is 2. The molecule has 142 valence electrons. The van der Waals surface area contributed by atoms with Crippen LogP contribution in [0.5, 0.6) is 0 Å². The van der Waals surface area contributed by atoms with E-state index in [1.807, 2.05) is 6.92 Å². The molecule has 0 aliphatic heterocycles. The number of hydrogen-bond acceptors (Lipinski definition) is 5. The Kier molecular flexibility index (Phi) is 7.72. The molecule has 7 heteroatoms. The minimum Gasteiger partial charge on any atom is -0.465 e. The van der Waals surface area contributed by atoms with E-state index in [2.05, 4.69) is 40.1 Å². The molecule has 2 aromatic rings. The summed E-state index contributed by atoms with van der Waals surface area (Å²) in [7, 11) is 1.36. The molecule has 0 aromatic carbocycles. The molecule has 1 unspecified atom stereocenters. The lowest BCUT2D eigenvalue weighted by Gasteiger charge is -2.15. The Morgan fingerprint density at radius 1 is 1.42 bits per heavy atom. The van der Waals surface area contributed by atoms with Crippen molar-refractivity contribution in [2.75, 3.05) is 20.2 Å². The predicted molar refractivity (Wildman–Crippen MR) is 105 cm³/mol. The number of ether oxygens (including phenoxy) is 1. The van der Waals surface area contributed by atoms with Gasteiger partial charge in [0.05, 0.1) is 7.11 Å². The lowest BCUT2D eigenvalue weighted by molar-refractivity contribution is 0.0599. The fourth-order valence-corrected chi connectivity index (χ4v) is 3.42. The summed E-state index contributed by atoms with van der Waals surface area (Å²) in [5.74, 6) is 2.01. The van der Waals surface area contributed by atoms with Gasteiger partial charge in [0.15, 0.2) is 5.96 Å². The number of aliphatic imine (C=N–C) groups is 1. The summed E-state index contributed by atoms with van der Waals surface area (Å²) in [4.78, 5) is 17.6. The van der Waals surface area contributed by atoms with Crippen LogP contribution in [0.15, 0.2) is 33.0 Å². The maximum Gasteiger partial charge on any atom is 0.341 e. The second kappa shape index (κ2) is 10.0. The van der Waals surface area contributed by atoms with Gasteiger partial charge in [0.2, 0.25) is 0 Å². The summed E-state index contributed by atoms with van der Waals surface area (Å²) in [5, 5.41) is 8.71. The molecule has 1 atom stereocenters. The van der Waals surface area contributed by atoms with Gasteiger partial charge in [-0.05, 0) is 43.7 Å². The average Bonchev–Trinajstić information content (AvgIpc) is 3.26. The Morgan fingerprint density at radius 2 is 2.23 bits per heavy atom. The van der Waals surface area contributed by atoms with Gasteiger partial charge >= 0.3 is 5.97 Å². The van der Waals surface area contributed by atoms with E-state index in [1.54, 1.807) is 24.3 Å². The SMILES string of the molecule is CCNC(=NCc1cc(C(=O)OC)c(C)o1)NCC(C)Cc1cccs1. The summed E-state index contributed by atoms with van der Waals surface area (Å²) < 4.78 is 10.3. The predicted octanol–water partition coefficient (Wildman–Crippen LogP) is 3.37. The van der Waals surface area contributed by atoms with Crippen molar-refractivity contribution in [1.82, 2.24) is 10.6 Å². The van der Waals surface area contributed by atoms with Gasteiger partial charge in [0.25, 0.3) is 0 Å². The standard InChI is InChI=1S/C19H27N3O3S/c1-5-20-19(21-11-13(2)9-16-7-6-8-26-16)22-12-15-10-17(14(3)25-15)18(23)24-4/h6-8,10,13H,5,9,11-12H2,1-4H3,(H2,20,21,22). The van der Waals surface area contributed by atoms with E-state index in [0.717, 1.165) is 25.5 Å². The highest BCUT2D eigenvalue weighted by atomic mass is 32.1. The minimum atomic E-state index is -0.395. The largest absolute Gasteiger partial charge is 0.465 e. The van der Waals surface area contributed by atoms with Crippen LogP contribution in [0, 0.1) is 12.8 Å². The van der Waals surface area contributed by atoms with Crippen molar-refractivity contribution in [2.24, 2.45) is 10.9 Å². The molecule has 0 aliphatic carbocycles. The number of methoxy groups -OCH3 is 1. The smallest absolute Gasteiger partial charge is 0.341 e. The van der Waals surface area contributed by atoms with Crippen molar-refractivity contribution in [1.29, 1.82) is 0 Å². The normalized spacial score (nSPS) is 12.7. The summed E-state index contributed by atoms with van der Waals surface area (Å²) in [5.41, 5.74) is 0.445. The monoisotopic (exact) mass is 377 g/mol. The molecular formula is C19H27N3O3S. The third-order valence-corrected chi connectivity index (χ3v) is 4.76. The Balaban J connectivity index is 1.92. The molecule has 0 aliphatic rings. The summed E-state index contributed by atoms with van der Waals surface area (Å²) >= 11 is 1.79. The van der Waals surface area contributed by atoms with Gasteiger partial charge in [-0.3, -0.25) is 0 Å². The number of guanidine groups is 1. The van der Waals surface area contributed by atoms with E-state index in [-0.39, 0.29) is 0 Å². The first-order valence-corrected chi connectivity index (χ1v) is 9.63. The lowest BCUT2D eigenvalue weighted by atomic mass is 10.1. The topological polar surface area (TPSA) is 75.9 Å². The van der Waals surface area contributed by atoms with E-state index in [9.17, 15) is 4.79 Å². The van der Waals surface area contributed by atoms with Gasteiger partial charge in [-0.25, -0.2) is 9.79 Å². The Bertz CT molecular complexity index is 722. The number of rotatable bonds is 8. The summed E-state index contributed by atoms with van der Waals surface area (Å²) in [6.07, 6.45) is 1.05. The van der Waals surface area contributed by atoms with E-state index >= 15 is 0 Å². The van der Waals surface area contributed by atoms with Crippen LogP contribution < -0.4 is 10.6 Å². The van der Waals surface area contributed by atoms with Crippen LogP contribution in [-0.2, 0) is 17.7 Å². The van der Waals surface area contributed by atoms with Crippen molar-refractivity contribution in [3.63, 3.8) is 0 Å². The molecule has 2 heterocycles. The van der Waals surface area contributed by atoms with Crippen LogP contribution in [0.1, 0.15) is 40.6 Å². The first-order chi connectivity index (χ1) is 12.5. The van der Waals surface area contributed by atoms with E-state index in [0.29, 0.717) is 29.5 Å². The fourth-order valence-electron chi connectivity index (χ4n) is 2.55. The highest BCUT2D eigenvalue weighted by Gasteiger charge is 2.15. The summed E-state index contributed by atoms with van der Waals surface area (Å²) in [6.45, 7) is 7.94. The number of nitrogens with one attached hydrogen (secondary N) is 2. The van der Waals surface area contributed by atoms with Crippen LogP contribution in [0.4, 0.5) is 0 Å². The van der Waals surface area contributed by atoms with Crippen molar-refractivity contribution in [3.05, 3.63) is 45.5 Å². The molecular weight excluding hydrogens is 350 g/mol. The zero-order chi connectivity index (χ0) is 18.9. The second-order valence-corrected chi connectivity index (χ2v) is 7.17. The van der Waals surface area contributed by atoms with Gasteiger partial charge in [-0.2, -0.15) is 0 Å². The molecule has 0 saturated heterocycles. The quantitative estimate of drug-likeness (QED) is 0.419. The van der Waals surface area contributed by atoms with Gasteiger partial charge < -0.3 is 19.8 Å². The maximum atomic E-state index is 11.7. The molecule has 6 nitrogen and oxygen atoms in total. The number of nitrogens with zero attached hydrogens (tertiary/aromatic N) is 1. The van der Waals surface area contributed by atoms with Gasteiger partial charge in [0.1, 0.15) is 23.6 Å². The average molecular weight is 378 g/mol. The van der Waals surface area contributed by atoms with E-state index in [1.165, 1.54) is 12.0 Å². The van der Waals surface area contributed by atoms with Gasteiger partial charge in [-0.15, -0.1) is 11.3 Å². The molecule has 0 spiro atoms. The van der Waals surface area contributed by atoms with Crippen LogP contribution in [0.25, 0.3) is 0 Å². The van der Waals surface area contributed by atoms with Gasteiger partial charge in [-0.1, -0.05) is 13.0 Å². The molecule has 0 amide bonds. The highest BCUT2D eigenvalue weighted by molar-refractivity contribution is 7.09. The summed E-state index contributed by atoms with van der Waals surface area (Å²) in [6, 6.07) is 5.94. The number of carbonyl (C=O) groups excluding carboxylic acids is 1. The Morgan fingerprint density at radius 3 is 2.88 bits per heavy atom. The highest BCUT2D eigenvalue weighted by Crippen LogP contribution is 2.16.